The smallest absolute Gasteiger partial charge is 0.220 e. The van der Waals surface area contributed by atoms with Crippen LogP contribution in [0.3, 0.4) is 0 Å². The largest absolute Gasteiger partial charge is 0.394 e. The number of allylic oxidation sites excluding steroid dienone is 3. The van der Waals surface area contributed by atoms with Crippen LogP contribution < -0.4 is 5.32 Å². The van der Waals surface area contributed by atoms with Crippen LogP contribution in [0.4, 0.5) is 0 Å². The third-order valence-electron chi connectivity index (χ3n) is 5.69. The van der Waals surface area contributed by atoms with Gasteiger partial charge in [-0.25, -0.2) is 0 Å². The Bertz CT molecular complexity index is 448. The lowest BCUT2D eigenvalue weighted by molar-refractivity contribution is -0.123. The summed E-state index contributed by atoms with van der Waals surface area (Å²) in [5.41, 5.74) is 0. The van der Waals surface area contributed by atoms with Gasteiger partial charge in [0.1, 0.15) is 0 Å². The Morgan fingerprint density at radius 1 is 0.742 bits per heavy atom. The van der Waals surface area contributed by atoms with Gasteiger partial charge in [-0.05, 0) is 32.1 Å². The molecule has 0 aromatic carbocycles. The average Bonchev–Trinajstić information content (AvgIpc) is 2.77. The van der Waals surface area contributed by atoms with Crippen LogP contribution in [0.1, 0.15) is 123 Å². The number of nitrogens with one attached hydrogen (secondary N) is 1. The molecule has 3 N–H and O–H groups in total. The van der Waals surface area contributed by atoms with Gasteiger partial charge < -0.3 is 15.5 Å². The van der Waals surface area contributed by atoms with Crippen molar-refractivity contribution in [3.05, 3.63) is 24.3 Å². The van der Waals surface area contributed by atoms with Gasteiger partial charge in [0.15, 0.2) is 0 Å². The molecule has 0 bridgehead atoms. The Morgan fingerprint density at radius 3 is 1.87 bits per heavy atom. The molecule has 31 heavy (non-hydrogen) atoms. The number of amides is 1. The minimum Gasteiger partial charge on any atom is -0.394 e. The van der Waals surface area contributed by atoms with E-state index < -0.39 is 12.1 Å². The summed E-state index contributed by atoms with van der Waals surface area (Å²) in [5, 5.41) is 22.5. The van der Waals surface area contributed by atoms with Crippen molar-refractivity contribution in [1.29, 1.82) is 0 Å². The molecule has 4 heteroatoms. The van der Waals surface area contributed by atoms with Gasteiger partial charge in [0.2, 0.25) is 5.91 Å². The first-order chi connectivity index (χ1) is 15.2. The highest BCUT2D eigenvalue weighted by atomic mass is 16.3. The fraction of sp³-hybridized carbons (Fsp3) is 0.815. The predicted octanol–water partition coefficient (Wildman–Crippen LogP) is 6.61. The molecule has 182 valence electrons. The summed E-state index contributed by atoms with van der Waals surface area (Å²) in [7, 11) is 0. The Balaban J connectivity index is 3.82. The number of carbonyl (C=O) groups is 1. The third kappa shape index (κ3) is 20.5. The maximum Gasteiger partial charge on any atom is 0.220 e. The van der Waals surface area contributed by atoms with E-state index in [1.165, 1.54) is 70.6 Å². The van der Waals surface area contributed by atoms with E-state index in [9.17, 15) is 15.0 Å². The standard InChI is InChI=1S/C27H51NO3/c1-3-5-7-9-11-12-13-14-15-17-18-20-22-26(30)25(24-29)28-27(31)23-21-19-16-10-8-6-4-2/h14-15,20,22,25-26,29-30H,3-13,16-19,21,23-24H2,1-2H3,(H,28,31)/b15-14+,22-20+/t25-,26+/m0/s1. The van der Waals surface area contributed by atoms with Crippen LogP contribution in [0.15, 0.2) is 24.3 Å². The van der Waals surface area contributed by atoms with Crippen molar-refractivity contribution >= 4 is 5.91 Å². The Kier molecular flexibility index (Phi) is 22.7. The number of carbonyl (C=O) groups excluding carboxylic acids is 1. The molecule has 0 heterocycles. The molecule has 0 aromatic heterocycles. The fourth-order valence-corrected chi connectivity index (χ4v) is 3.60. The fourth-order valence-electron chi connectivity index (χ4n) is 3.60. The van der Waals surface area contributed by atoms with Crippen LogP contribution >= 0.6 is 0 Å². The molecule has 0 saturated heterocycles. The summed E-state index contributed by atoms with van der Waals surface area (Å²) >= 11 is 0. The van der Waals surface area contributed by atoms with Crippen molar-refractivity contribution < 1.29 is 15.0 Å². The van der Waals surface area contributed by atoms with E-state index in [4.69, 9.17) is 0 Å². The van der Waals surface area contributed by atoms with Gasteiger partial charge in [-0.3, -0.25) is 4.79 Å². The van der Waals surface area contributed by atoms with Crippen molar-refractivity contribution in [3.8, 4) is 0 Å². The lowest BCUT2D eigenvalue weighted by Crippen LogP contribution is -2.45. The molecule has 0 fully saturated rings. The van der Waals surface area contributed by atoms with E-state index in [1.54, 1.807) is 6.08 Å². The molecule has 0 radical (unpaired) electrons. The lowest BCUT2D eigenvalue weighted by atomic mass is 10.1. The van der Waals surface area contributed by atoms with Crippen LogP contribution in [0.2, 0.25) is 0 Å². The third-order valence-corrected chi connectivity index (χ3v) is 5.69. The van der Waals surface area contributed by atoms with E-state index in [1.807, 2.05) is 6.08 Å². The summed E-state index contributed by atoms with van der Waals surface area (Å²) in [6.07, 6.45) is 26.8. The predicted molar refractivity (Wildman–Crippen MR) is 133 cm³/mol. The molecule has 0 aromatic rings. The van der Waals surface area contributed by atoms with E-state index in [-0.39, 0.29) is 12.5 Å². The van der Waals surface area contributed by atoms with Crippen molar-refractivity contribution in [3.63, 3.8) is 0 Å². The highest BCUT2D eigenvalue weighted by Crippen LogP contribution is 2.09. The summed E-state index contributed by atoms with van der Waals surface area (Å²) in [4.78, 5) is 12.1. The summed E-state index contributed by atoms with van der Waals surface area (Å²) in [6.45, 7) is 4.20. The second kappa shape index (κ2) is 23.5. The van der Waals surface area contributed by atoms with Gasteiger partial charge in [-0.1, -0.05) is 109 Å². The second-order valence-electron chi connectivity index (χ2n) is 8.75. The Hall–Kier alpha value is -1.13. The number of aliphatic hydroxyl groups excluding tert-OH is 2. The van der Waals surface area contributed by atoms with Gasteiger partial charge in [0.05, 0.1) is 18.8 Å². The van der Waals surface area contributed by atoms with Gasteiger partial charge >= 0.3 is 0 Å². The quantitative estimate of drug-likeness (QED) is 0.132. The maximum atomic E-state index is 12.1. The Morgan fingerprint density at radius 2 is 1.26 bits per heavy atom. The van der Waals surface area contributed by atoms with Crippen LogP contribution in [-0.2, 0) is 4.79 Å². The van der Waals surface area contributed by atoms with Gasteiger partial charge in [-0.15, -0.1) is 0 Å². The maximum absolute atomic E-state index is 12.1. The van der Waals surface area contributed by atoms with E-state index in [2.05, 4.69) is 31.3 Å². The van der Waals surface area contributed by atoms with Crippen molar-refractivity contribution in [2.45, 2.75) is 135 Å². The number of hydrogen-bond acceptors (Lipinski definition) is 3. The highest BCUT2D eigenvalue weighted by molar-refractivity contribution is 5.76. The summed E-state index contributed by atoms with van der Waals surface area (Å²) in [5.74, 6) is -0.0855. The number of hydrogen-bond donors (Lipinski definition) is 3. The first kappa shape index (κ1) is 29.9. The summed E-state index contributed by atoms with van der Waals surface area (Å²) < 4.78 is 0. The highest BCUT2D eigenvalue weighted by Gasteiger charge is 2.17. The van der Waals surface area contributed by atoms with Crippen LogP contribution in [0, 0.1) is 0 Å². The normalized spacial score (nSPS) is 13.8. The first-order valence-corrected chi connectivity index (χ1v) is 13.1. The number of unbranched alkanes of at least 4 members (excludes halogenated alkanes) is 13. The van der Waals surface area contributed by atoms with Crippen molar-refractivity contribution in [2.24, 2.45) is 0 Å². The molecule has 4 nitrogen and oxygen atoms in total. The molecular weight excluding hydrogens is 386 g/mol. The zero-order chi connectivity index (χ0) is 23.0. The average molecular weight is 438 g/mol. The Labute approximate surface area is 192 Å². The van der Waals surface area contributed by atoms with Crippen LogP contribution in [0.5, 0.6) is 0 Å². The molecule has 0 spiro atoms. The second-order valence-corrected chi connectivity index (χ2v) is 8.75. The van der Waals surface area contributed by atoms with E-state index in [0.29, 0.717) is 6.42 Å². The molecule has 0 aliphatic carbocycles. The molecule has 1 amide bonds. The lowest BCUT2D eigenvalue weighted by Gasteiger charge is -2.19. The number of rotatable bonds is 22. The van der Waals surface area contributed by atoms with Gasteiger partial charge in [0, 0.05) is 6.42 Å². The molecule has 0 unspecified atom stereocenters. The minimum atomic E-state index is -0.852. The molecule has 2 atom stereocenters. The van der Waals surface area contributed by atoms with Crippen molar-refractivity contribution in [1.82, 2.24) is 5.32 Å². The first-order valence-electron chi connectivity index (χ1n) is 13.1. The minimum absolute atomic E-state index is 0.0855. The zero-order valence-electron chi connectivity index (χ0n) is 20.5. The SMILES string of the molecule is CCCCCCCC/C=C/CC/C=C/[C@@H](O)[C@H](CO)NC(=O)CCCCCCCCC. The molecule has 0 aliphatic rings. The summed E-state index contributed by atoms with van der Waals surface area (Å²) in [6, 6.07) is -0.628. The van der Waals surface area contributed by atoms with E-state index in [0.717, 1.165) is 32.1 Å². The van der Waals surface area contributed by atoms with Crippen LogP contribution in [0.25, 0.3) is 0 Å². The topological polar surface area (TPSA) is 69.6 Å². The number of aliphatic hydroxyl groups is 2. The molecule has 0 aliphatic heterocycles. The van der Waals surface area contributed by atoms with Crippen LogP contribution in [-0.4, -0.2) is 34.9 Å². The van der Waals surface area contributed by atoms with Gasteiger partial charge in [-0.2, -0.15) is 0 Å². The zero-order valence-corrected chi connectivity index (χ0v) is 20.5. The molecular formula is C27H51NO3. The van der Waals surface area contributed by atoms with E-state index >= 15 is 0 Å². The molecule has 0 rings (SSSR count). The molecule has 0 saturated carbocycles. The monoisotopic (exact) mass is 437 g/mol. The van der Waals surface area contributed by atoms with Gasteiger partial charge in [0.25, 0.3) is 0 Å². The van der Waals surface area contributed by atoms with Crippen molar-refractivity contribution in [2.75, 3.05) is 6.61 Å².